The van der Waals surface area contributed by atoms with Crippen molar-refractivity contribution in [2.24, 2.45) is 5.92 Å². The second kappa shape index (κ2) is 8.08. The highest BCUT2D eigenvalue weighted by atomic mass is 16.5. The second-order valence-corrected chi connectivity index (χ2v) is 4.77. The molecular formula is C12H26N2O. The molecule has 1 fully saturated rings. The van der Waals surface area contributed by atoms with Gasteiger partial charge in [0.1, 0.15) is 0 Å². The van der Waals surface area contributed by atoms with Crippen LogP contribution in [0.4, 0.5) is 0 Å². The monoisotopic (exact) mass is 214 g/mol. The molecule has 3 heteroatoms. The molecule has 1 heterocycles. The van der Waals surface area contributed by atoms with Crippen molar-refractivity contribution in [3.8, 4) is 0 Å². The van der Waals surface area contributed by atoms with Gasteiger partial charge in [-0.25, -0.2) is 0 Å². The minimum absolute atomic E-state index is 0.660. The second-order valence-electron chi connectivity index (χ2n) is 4.77. The molecule has 90 valence electrons. The van der Waals surface area contributed by atoms with E-state index in [0.29, 0.717) is 5.92 Å². The van der Waals surface area contributed by atoms with E-state index in [1.807, 2.05) is 0 Å². The van der Waals surface area contributed by atoms with Crippen LogP contribution in [0.5, 0.6) is 0 Å². The first-order valence-corrected chi connectivity index (χ1v) is 6.30. The molecule has 0 aliphatic carbocycles. The van der Waals surface area contributed by atoms with Gasteiger partial charge in [0.15, 0.2) is 0 Å². The maximum absolute atomic E-state index is 5.58. The SMILES string of the molecule is CC(C)COCCCN1CCCNCC1. The van der Waals surface area contributed by atoms with Gasteiger partial charge in [0, 0.05) is 32.8 Å². The van der Waals surface area contributed by atoms with Crippen LogP contribution < -0.4 is 5.32 Å². The van der Waals surface area contributed by atoms with Crippen molar-refractivity contribution in [1.82, 2.24) is 10.2 Å². The van der Waals surface area contributed by atoms with E-state index in [-0.39, 0.29) is 0 Å². The molecule has 0 spiro atoms. The molecule has 1 saturated heterocycles. The van der Waals surface area contributed by atoms with Gasteiger partial charge in [0.25, 0.3) is 0 Å². The number of nitrogens with zero attached hydrogens (tertiary/aromatic N) is 1. The van der Waals surface area contributed by atoms with Gasteiger partial charge in [-0.15, -0.1) is 0 Å². The maximum Gasteiger partial charge on any atom is 0.0489 e. The number of hydrogen-bond donors (Lipinski definition) is 1. The van der Waals surface area contributed by atoms with Crippen molar-refractivity contribution in [2.75, 3.05) is 45.9 Å². The normalized spacial score (nSPS) is 19.4. The van der Waals surface area contributed by atoms with Crippen LogP contribution in [-0.4, -0.2) is 50.8 Å². The zero-order chi connectivity index (χ0) is 10.9. The highest BCUT2D eigenvalue weighted by molar-refractivity contribution is 4.65. The molecule has 3 nitrogen and oxygen atoms in total. The summed E-state index contributed by atoms with van der Waals surface area (Å²) in [5.74, 6) is 0.660. The number of rotatable bonds is 6. The molecule has 0 saturated carbocycles. The van der Waals surface area contributed by atoms with Crippen LogP contribution in [0, 0.1) is 5.92 Å². The van der Waals surface area contributed by atoms with Gasteiger partial charge in [-0.2, -0.15) is 0 Å². The molecule has 15 heavy (non-hydrogen) atoms. The minimum Gasteiger partial charge on any atom is -0.381 e. The van der Waals surface area contributed by atoms with Crippen molar-refractivity contribution in [3.63, 3.8) is 0 Å². The Morgan fingerprint density at radius 2 is 2.13 bits per heavy atom. The largest absolute Gasteiger partial charge is 0.381 e. The summed E-state index contributed by atoms with van der Waals surface area (Å²) in [7, 11) is 0. The van der Waals surface area contributed by atoms with Gasteiger partial charge < -0.3 is 15.0 Å². The van der Waals surface area contributed by atoms with Crippen molar-refractivity contribution in [2.45, 2.75) is 26.7 Å². The quantitative estimate of drug-likeness (QED) is 0.675. The Bertz CT molecular complexity index is 143. The van der Waals surface area contributed by atoms with Crippen molar-refractivity contribution >= 4 is 0 Å². The highest BCUT2D eigenvalue weighted by Crippen LogP contribution is 1.98. The van der Waals surface area contributed by atoms with Crippen LogP contribution in [0.3, 0.4) is 0 Å². The van der Waals surface area contributed by atoms with Crippen LogP contribution in [0.2, 0.25) is 0 Å². The van der Waals surface area contributed by atoms with E-state index < -0.39 is 0 Å². The number of hydrogen-bond acceptors (Lipinski definition) is 3. The smallest absolute Gasteiger partial charge is 0.0489 e. The molecule has 1 rings (SSSR count). The fourth-order valence-electron chi connectivity index (χ4n) is 1.83. The van der Waals surface area contributed by atoms with Gasteiger partial charge in [-0.1, -0.05) is 13.8 Å². The Labute approximate surface area is 94.2 Å². The van der Waals surface area contributed by atoms with Crippen molar-refractivity contribution < 1.29 is 4.74 Å². The van der Waals surface area contributed by atoms with Crippen LogP contribution in [0.1, 0.15) is 26.7 Å². The third-order valence-corrected chi connectivity index (χ3v) is 2.65. The van der Waals surface area contributed by atoms with E-state index >= 15 is 0 Å². The summed E-state index contributed by atoms with van der Waals surface area (Å²) in [6.45, 7) is 12.2. The molecule has 1 N–H and O–H groups in total. The lowest BCUT2D eigenvalue weighted by Gasteiger charge is -2.19. The zero-order valence-electron chi connectivity index (χ0n) is 10.3. The van der Waals surface area contributed by atoms with Crippen LogP contribution in [0.15, 0.2) is 0 Å². The molecule has 0 bridgehead atoms. The lowest BCUT2D eigenvalue weighted by molar-refractivity contribution is 0.0998. The van der Waals surface area contributed by atoms with Crippen LogP contribution in [-0.2, 0) is 4.74 Å². The lowest BCUT2D eigenvalue weighted by atomic mass is 10.2. The molecule has 0 radical (unpaired) electrons. The van der Waals surface area contributed by atoms with E-state index in [2.05, 4.69) is 24.1 Å². The Balaban J connectivity index is 1.94. The van der Waals surface area contributed by atoms with Crippen molar-refractivity contribution in [3.05, 3.63) is 0 Å². The Hall–Kier alpha value is -0.120. The lowest BCUT2D eigenvalue weighted by Crippen LogP contribution is -2.29. The third-order valence-electron chi connectivity index (χ3n) is 2.65. The van der Waals surface area contributed by atoms with E-state index in [4.69, 9.17) is 4.74 Å². The summed E-state index contributed by atoms with van der Waals surface area (Å²) in [6.07, 6.45) is 2.46. The summed E-state index contributed by atoms with van der Waals surface area (Å²) in [5, 5.41) is 3.42. The van der Waals surface area contributed by atoms with E-state index in [0.717, 1.165) is 19.8 Å². The average Bonchev–Trinajstić information content (AvgIpc) is 2.45. The van der Waals surface area contributed by atoms with Crippen LogP contribution in [0.25, 0.3) is 0 Å². The molecule has 0 aromatic heterocycles. The first-order chi connectivity index (χ1) is 7.29. The van der Waals surface area contributed by atoms with E-state index in [1.54, 1.807) is 0 Å². The van der Waals surface area contributed by atoms with Crippen LogP contribution >= 0.6 is 0 Å². The summed E-state index contributed by atoms with van der Waals surface area (Å²) in [4.78, 5) is 2.54. The summed E-state index contributed by atoms with van der Waals surface area (Å²) < 4.78 is 5.58. The molecule has 0 aromatic rings. The number of nitrogens with one attached hydrogen (secondary N) is 1. The topological polar surface area (TPSA) is 24.5 Å². The molecule has 0 amide bonds. The predicted octanol–water partition coefficient (Wildman–Crippen LogP) is 1.34. The van der Waals surface area contributed by atoms with Gasteiger partial charge in [-0.3, -0.25) is 0 Å². The molecule has 0 aromatic carbocycles. The predicted molar refractivity (Wildman–Crippen MR) is 64.2 cm³/mol. The number of ether oxygens (including phenoxy) is 1. The molecular weight excluding hydrogens is 188 g/mol. The summed E-state index contributed by atoms with van der Waals surface area (Å²) >= 11 is 0. The molecule has 1 aliphatic rings. The Morgan fingerprint density at radius 3 is 2.93 bits per heavy atom. The van der Waals surface area contributed by atoms with Gasteiger partial charge in [0.2, 0.25) is 0 Å². The standard InChI is InChI=1S/C12H26N2O/c1-12(2)11-15-10-4-8-14-7-3-5-13-6-9-14/h12-13H,3-11H2,1-2H3. The Morgan fingerprint density at radius 1 is 1.27 bits per heavy atom. The Kier molecular flexibility index (Phi) is 6.98. The highest BCUT2D eigenvalue weighted by Gasteiger charge is 2.07. The van der Waals surface area contributed by atoms with E-state index in [9.17, 15) is 0 Å². The molecule has 0 unspecified atom stereocenters. The van der Waals surface area contributed by atoms with Crippen molar-refractivity contribution in [1.29, 1.82) is 0 Å². The first kappa shape index (κ1) is 12.9. The zero-order valence-corrected chi connectivity index (χ0v) is 10.3. The molecule has 0 atom stereocenters. The summed E-state index contributed by atoms with van der Waals surface area (Å²) in [5.41, 5.74) is 0. The maximum atomic E-state index is 5.58. The van der Waals surface area contributed by atoms with Gasteiger partial charge >= 0.3 is 0 Å². The third kappa shape index (κ3) is 6.88. The summed E-state index contributed by atoms with van der Waals surface area (Å²) in [6, 6.07) is 0. The first-order valence-electron chi connectivity index (χ1n) is 6.30. The molecule has 1 aliphatic heterocycles. The minimum atomic E-state index is 0.660. The van der Waals surface area contributed by atoms with Gasteiger partial charge in [0.05, 0.1) is 0 Å². The fraction of sp³-hybridized carbons (Fsp3) is 1.00. The van der Waals surface area contributed by atoms with E-state index in [1.165, 1.54) is 39.0 Å². The van der Waals surface area contributed by atoms with Gasteiger partial charge in [-0.05, 0) is 31.8 Å². The average molecular weight is 214 g/mol. The fourth-order valence-corrected chi connectivity index (χ4v) is 1.83.